The number of piperazine rings is 1. The molecule has 0 aromatic rings. The summed E-state index contributed by atoms with van der Waals surface area (Å²) in [6, 6.07) is 2.98. The summed E-state index contributed by atoms with van der Waals surface area (Å²) in [6.45, 7) is 14.3. The summed E-state index contributed by atoms with van der Waals surface area (Å²) in [6.07, 6.45) is 5.53. The summed E-state index contributed by atoms with van der Waals surface area (Å²) in [5, 5.41) is 3.70. The van der Waals surface area contributed by atoms with Crippen LogP contribution in [0.25, 0.3) is 0 Å². The number of nitrogens with one attached hydrogen (secondary N) is 1. The van der Waals surface area contributed by atoms with E-state index in [4.69, 9.17) is 0 Å². The first kappa shape index (κ1) is 15.3. The Morgan fingerprint density at radius 2 is 1.42 bits per heavy atom. The van der Waals surface area contributed by atoms with Gasteiger partial charge in [-0.05, 0) is 39.5 Å². The molecule has 0 unspecified atom stereocenters. The molecule has 1 saturated carbocycles. The highest BCUT2D eigenvalue weighted by Gasteiger charge is 2.28. The minimum absolute atomic E-state index is 0.635. The first-order valence-electron chi connectivity index (χ1n) is 8.30. The Labute approximate surface area is 119 Å². The van der Waals surface area contributed by atoms with E-state index in [-0.39, 0.29) is 0 Å². The molecule has 0 spiro atoms. The molecule has 0 bridgehead atoms. The van der Waals surface area contributed by atoms with E-state index in [0.717, 1.165) is 12.1 Å². The minimum atomic E-state index is 0.635. The molecule has 2 rings (SSSR count). The van der Waals surface area contributed by atoms with Gasteiger partial charge in [0.25, 0.3) is 0 Å². The molecule has 0 amide bonds. The lowest BCUT2D eigenvalue weighted by atomic mass is 9.89. The Morgan fingerprint density at radius 1 is 0.842 bits per heavy atom. The van der Waals surface area contributed by atoms with E-state index in [1.165, 1.54) is 51.9 Å². The molecule has 3 heteroatoms. The lowest BCUT2D eigenvalue weighted by Gasteiger charge is -2.43. The molecule has 1 saturated heterocycles. The zero-order valence-corrected chi connectivity index (χ0v) is 13.4. The molecule has 19 heavy (non-hydrogen) atoms. The SMILES string of the molecule is CC(C)NC1CCC(N2CCN(C(C)C)CC2)CC1. The minimum Gasteiger partial charge on any atom is -0.312 e. The third kappa shape index (κ3) is 4.44. The fourth-order valence-corrected chi connectivity index (χ4v) is 3.70. The molecule has 0 aromatic carbocycles. The van der Waals surface area contributed by atoms with E-state index in [0.29, 0.717) is 12.1 Å². The second-order valence-corrected chi connectivity index (χ2v) is 6.99. The average molecular weight is 267 g/mol. The molecular weight excluding hydrogens is 234 g/mol. The second-order valence-electron chi connectivity index (χ2n) is 6.99. The van der Waals surface area contributed by atoms with Crippen LogP contribution in [0.4, 0.5) is 0 Å². The molecule has 1 N–H and O–H groups in total. The van der Waals surface area contributed by atoms with Gasteiger partial charge in [0, 0.05) is 50.3 Å². The topological polar surface area (TPSA) is 18.5 Å². The molecular formula is C16H33N3. The van der Waals surface area contributed by atoms with Crippen LogP contribution in [0.2, 0.25) is 0 Å². The van der Waals surface area contributed by atoms with E-state index in [1.807, 2.05) is 0 Å². The maximum absolute atomic E-state index is 3.70. The van der Waals surface area contributed by atoms with Crippen LogP contribution in [0.3, 0.4) is 0 Å². The van der Waals surface area contributed by atoms with Crippen molar-refractivity contribution in [3.8, 4) is 0 Å². The van der Waals surface area contributed by atoms with Gasteiger partial charge < -0.3 is 5.32 Å². The summed E-state index contributed by atoms with van der Waals surface area (Å²) in [5.74, 6) is 0. The molecule has 112 valence electrons. The number of rotatable bonds is 4. The molecule has 2 fully saturated rings. The molecule has 3 nitrogen and oxygen atoms in total. The quantitative estimate of drug-likeness (QED) is 0.843. The van der Waals surface area contributed by atoms with Gasteiger partial charge in [0.15, 0.2) is 0 Å². The first-order valence-corrected chi connectivity index (χ1v) is 8.30. The van der Waals surface area contributed by atoms with Gasteiger partial charge in [-0.15, -0.1) is 0 Å². The van der Waals surface area contributed by atoms with Gasteiger partial charge >= 0.3 is 0 Å². The Morgan fingerprint density at radius 3 is 1.89 bits per heavy atom. The van der Waals surface area contributed by atoms with Crippen LogP contribution in [-0.2, 0) is 0 Å². The monoisotopic (exact) mass is 267 g/mol. The first-order chi connectivity index (χ1) is 9.06. The average Bonchev–Trinajstić information content (AvgIpc) is 2.39. The predicted molar refractivity (Wildman–Crippen MR) is 82.6 cm³/mol. The maximum atomic E-state index is 3.70. The van der Waals surface area contributed by atoms with Gasteiger partial charge in [-0.3, -0.25) is 9.80 Å². The van der Waals surface area contributed by atoms with Gasteiger partial charge in [0.05, 0.1) is 0 Å². The maximum Gasteiger partial charge on any atom is 0.0113 e. The lowest BCUT2D eigenvalue weighted by molar-refractivity contribution is 0.0599. The van der Waals surface area contributed by atoms with Crippen LogP contribution < -0.4 is 5.32 Å². The molecule has 0 atom stereocenters. The smallest absolute Gasteiger partial charge is 0.0113 e. The second kappa shape index (κ2) is 7.05. The summed E-state index contributed by atoms with van der Waals surface area (Å²) in [7, 11) is 0. The van der Waals surface area contributed by atoms with Crippen LogP contribution in [-0.4, -0.2) is 60.1 Å². The van der Waals surface area contributed by atoms with Crippen LogP contribution >= 0.6 is 0 Å². The Bertz CT molecular complexity index is 249. The molecule has 1 aliphatic carbocycles. The largest absolute Gasteiger partial charge is 0.312 e. The van der Waals surface area contributed by atoms with Gasteiger partial charge in [-0.1, -0.05) is 13.8 Å². The summed E-state index contributed by atoms with van der Waals surface area (Å²) < 4.78 is 0. The van der Waals surface area contributed by atoms with E-state index >= 15 is 0 Å². The zero-order valence-electron chi connectivity index (χ0n) is 13.4. The van der Waals surface area contributed by atoms with Crippen molar-refractivity contribution in [2.75, 3.05) is 26.2 Å². The summed E-state index contributed by atoms with van der Waals surface area (Å²) in [4.78, 5) is 5.37. The third-order valence-corrected chi connectivity index (χ3v) is 4.86. The number of hydrogen-bond donors (Lipinski definition) is 1. The Balaban J connectivity index is 1.71. The van der Waals surface area contributed by atoms with Crippen molar-refractivity contribution in [3.63, 3.8) is 0 Å². The van der Waals surface area contributed by atoms with Crippen molar-refractivity contribution in [1.29, 1.82) is 0 Å². The van der Waals surface area contributed by atoms with Crippen LogP contribution in [0.1, 0.15) is 53.4 Å². The van der Waals surface area contributed by atoms with Crippen molar-refractivity contribution in [3.05, 3.63) is 0 Å². The fraction of sp³-hybridized carbons (Fsp3) is 1.00. The van der Waals surface area contributed by atoms with E-state index in [1.54, 1.807) is 0 Å². The highest BCUT2D eigenvalue weighted by atomic mass is 15.3. The van der Waals surface area contributed by atoms with Gasteiger partial charge in [-0.2, -0.15) is 0 Å². The number of nitrogens with zero attached hydrogens (tertiary/aromatic N) is 2. The molecule has 2 aliphatic rings. The van der Waals surface area contributed by atoms with Gasteiger partial charge in [0.2, 0.25) is 0 Å². The van der Waals surface area contributed by atoms with Gasteiger partial charge in [-0.25, -0.2) is 0 Å². The van der Waals surface area contributed by atoms with Gasteiger partial charge in [0.1, 0.15) is 0 Å². The molecule has 1 heterocycles. The van der Waals surface area contributed by atoms with Crippen molar-refractivity contribution in [2.45, 2.75) is 77.5 Å². The summed E-state index contributed by atoms with van der Waals surface area (Å²) >= 11 is 0. The van der Waals surface area contributed by atoms with Crippen LogP contribution in [0.5, 0.6) is 0 Å². The fourth-order valence-electron chi connectivity index (χ4n) is 3.70. The predicted octanol–water partition coefficient (Wildman–Crippen LogP) is 2.32. The summed E-state index contributed by atoms with van der Waals surface area (Å²) in [5.41, 5.74) is 0. The Kier molecular flexibility index (Phi) is 5.67. The molecule has 0 aromatic heterocycles. The van der Waals surface area contributed by atoms with Crippen molar-refractivity contribution in [2.24, 2.45) is 0 Å². The highest BCUT2D eigenvalue weighted by molar-refractivity contribution is 4.86. The zero-order chi connectivity index (χ0) is 13.8. The third-order valence-electron chi connectivity index (χ3n) is 4.86. The van der Waals surface area contributed by atoms with E-state index in [9.17, 15) is 0 Å². The van der Waals surface area contributed by atoms with Crippen LogP contribution in [0, 0.1) is 0 Å². The standard InChI is InChI=1S/C16H33N3/c1-13(2)17-15-5-7-16(8-6-15)19-11-9-18(10-12-19)14(3)4/h13-17H,5-12H2,1-4H3. The Hall–Kier alpha value is -0.120. The highest BCUT2D eigenvalue weighted by Crippen LogP contribution is 2.24. The molecule has 0 radical (unpaired) electrons. The lowest BCUT2D eigenvalue weighted by Crippen LogP contribution is -2.53. The number of hydrogen-bond acceptors (Lipinski definition) is 3. The normalized spacial score (nSPS) is 31.3. The molecule has 1 aliphatic heterocycles. The van der Waals surface area contributed by atoms with E-state index in [2.05, 4.69) is 42.8 Å². The van der Waals surface area contributed by atoms with Crippen molar-refractivity contribution >= 4 is 0 Å². The van der Waals surface area contributed by atoms with Crippen molar-refractivity contribution in [1.82, 2.24) is 15.1 Å². The van der Waals surface area contributed by atoms with Crippen molar-refractivity contribution < 1.29 is 0 Å². The van der Waals surface area contributed by atoms with E-state index < -0.39 is 0 Å². The van der Waals surface area contributed by atoms with Crippen LogP contribution in [0.15, 0.2) is 0 Å².